The van der Waals surface area contributed by atoms with Crippen molar-refractivity contribution in [2.75, 3.05) is 26.2 Å². The average Bonchev–Trinajstić information content (AvgIpc) is 3.57. The first kappa shape index (κ1) is 23.2. The van der Waals surface area contributed by atoms with Crippen LogP contribution in [0, 0.1) is 0 Å². The Morgan fingerprint density at radius 1 is 1.15 bits per heavy atom. The molecule has 0 spiro atoms. The zero-order valence-corrected chi connectivity index (χ0v) is 20.5. The number of amides is 1. The number of Topliss-reactive ketones (excluding diaryl/α,β-unsaturated/α-hetero) is 1. The largest absolute Gasteiger partial charge is 0.506 e. The lowest BCUT2D eigenvalue weighted by atomic mass is 10.1. The Hall–Kier alpha value is -2.97. The normalized spacial score (nSPS) is 13.0. The number of nitrogens with zero attached hydrogens (tertiary/aromatic N) is 2. The molecule has 3 heterocycles. The molecule has 0 aliphatic carbocycles. The number of aliphatic imine (C=N–C) groups is 1. The number of hydrogen-bond donors (Lipinski definition) is 1. The van der Waals surface area contributed by atoms with Gasteiger partial charge in [-0.3, -0.25) is 14.6 Å². The third-order valence-electron chi connectivity index (χ3n) is 5.71. The highest BCUT2D eigenvalue weighted by atomic mass is 32.1. The molecule has 1 aromatic carbocycles. The molecule has 4 rings (SSSR count). The van der Waals surface area contributed by atoms with Crippen molar-refractivity contribution in [1.29, 1.82) is 0 Å². The predicted molar refractivity (Wildman–Crippen MR) is 134 cm³/mol. The van der Waals surface area contributed by atoms with Gasteiger partial charge in [0.15, 0.2) is 5.78 Å². The lowest BCUT2D eigenvalue weighted by Gasteiger charge is -2.17. The first-order valence-corrected chi connectivity index (χ1v) is 12.6. The van der Waals surface area contributed by atoms with E-state index in [0.29, 0.717) is 40.7 Å². The second-order valence-electron chi connectivity index (χ2n) is 7.71. The minimum absolute atomic E-state index is 0.0357. The maximum absolute atomic E-state index is 12.7. The van der Waals surface area contributed by atoms with Crippen molar-refractivity contribution in [1.82, 2.24) is 4.90 Å². The number of fused-ring (bicyclic) bond motifs is 1. The number of carbonyl (C=O) groups excluding carboxylic acids is 2. The van der Waals surface area contributed by atoms with Crippen molar-refractivity contribution < 1.29 is 19.4 Å². The molecule has 0 unspecified atom stereocenters. The summed E-state index contributed by atoms with van der Waals surface area (Å²) in [6.45, 7) is 7.57. The van der Waals surface area contributed by atoms with Crippen LogP contribution in [0.2, 0.25) is 0 Å². The summed E-state index contributed by atoms with van der Waals surface area (Å²) in [5.74, 6) is 0.877. The second-order valence-corrected chi connectivity index (χ2v) is 9.68. The summed E-state index contributed by atoms with van der Waals surface area (Å²) in [6, 6.07) is 9.33. The van der Waals surface area contributed by atoms with Gasteiger partial charge in [-0.15, -0.1) is 22.7 Å². The quantitative estimate of drug-likeness (QED) is 0.349. The Morgan fingerprint density at radius 2 is 1.91 bits per heavy atom. The molecule has 1 amide bonds. The Balaban J connectivity index is 1.47. The van der Waals surface area contributed by atoms with Crippen LogP contribution in [-0.4, -0.2) is 53.6 Å². The number of ketones is 1. The van der Waals surface area contributed by atoms with Crippen LogP contribution in [0.4, 0.5) is 0 Å². The first-order chi connectivity index (χ1) is 15.9. The van der Waals surface area contributed by atoms with E-state index in [-0.39, 0.29) is 24.0 Å². The van der Waals surface area contributed by atoms with Gasteiger partial charge in [0, 0.05) is 36.2 Å². The van der Waals surface area contributed by atoms with Gasteiger partial charge in [0.2, 0.25) is 0 Å². The van der Waals surface area contributed by atoms with Crippen LogP contribution in [0.3, 0.4) is 0 Å². The van der Waals surface area contributed by atoms with Gasteiger partial charge < -0.3 is 14.7 Å². The van der Waals surface area contributed by atoms with Crippen molar-refractivity contribution in [3.05, 3.63) is 56.6 Å². The molecule has 3 aromatic rings. The molecule has 0 atom stereocenters. The maximum Gasteiger partial charge on any atom is 0.263 e. The van der Waals surface area contributed by atoms with Crippen LogP contribution < -0.4 is 4.74 Å². The van der Waals surface area contributed by atoms with Gasteiger partial charge in [0.1, 0.15) is 18.0 Å². The van der Waals surface area contributed by atoms with E-state index in [4.69, 9.17) is 4.74 Å². The minimum atomic E-state index is -0.147. The van der Waals surface area contributed by atoms with Gasteiger partial charge in [-0.2, -0.15) is 0 Å². The molecule has 0 saturated carbocycles. The van der Waals surface area contributed by atoms with E-state index in [1.165, 1.54) is 22.7 Å². The van der Waals surface area contributed by atoms with Crippen LogP contribution in [0.1, 0.15) is 51.2 Å². The number of benzene rings is 1. The summed E-state index contributed by atoms with van der Waals surface area (Å²) in [6.07, 6.45) is 0.871. The fraction of sp³-hybridized carbons (Fsp3) is 0.320. The van der Waals surface area contributed by atoms with Crippen molar-refractivity contribution in [3.63, 3.8) is 0 Å². The van der Waals surface area contributed by atoms with Gasteiger partial charge in [-0.1, -0.05) is 0 Å². The molecular formula is C25H26N2O4S2. The van der Waals surface area contributed by atoms with E-state index in [1.54, 1.807) is 24.0 Å². The predicted octanol–water partition coefficient (Wildman–Crippen LogP) is 5.29. The van der Waals surface area contributed by atoms with Gasteiger partial charge in [0.25, 0.3) is 5.91 Å². The zero-order chi connectivity index (χ0) is 23.5. The zero-order valence-electron chi connectivity index (χ0n) is 18.9. The maximum atomic E-state index is 12.7. The Labute approximate surface area is 201 Å². The molecule has 0 bridgehead atoms. The van der Waals surface area contributed by atoms with E-state index in [0.717, 1.165) is 28.2 Å². The first-order valence-electron chi connectivity index (χ1n) is 10.9. The van der Waals surface area contributed by atoms with Gasteiger partial charge in [-0.05, 0) is 62.2 Å². The highest BCUT2D eigenvalue weighted by Gasteiger charge is 2.20. The summed E-state index contributed by atoms with van der Waals surface area (Å²) >= 11 is 2.65. The summed E-state index contributed by atoms with van der Waals surface area (Å²) in [5.41, 5.74) is 3.32. The van der Waals surface area contributed by atoms with Crippen LogP contribution in [-0.2, 0) is 6.42 Å². The number of ether oxygens (including phenoxy) is 1. The summed E-state index contributed by atoms with van der Waals surface area (Å²) in [4.78, 5) is 33.1. The average molecular weight is 483 g/mol. The molecule has 33 heavy (non-hydrogen) atoms. The van der Waals surface area contributed by atoms with Crippen LogP contribution in [0.5, 0.6) is 11.5 Å². The fourth-order valence-electron chi connectivity index (χ4n) is 3.76. The number of hydrogen-bond acceptors (Lipinski definition) is 7. The molecule has 1 N–H and O–H groups in total. The molecule has 1 aliphatic rings. The van der Waals surface area contributed by atoms with E-state index in [1.807, 2.05) is 31.4 Å². The monoisotopic (exact) mass is 482 g/mol. The molecule has 6 nitrogen and oxygen atoms in total. The fourth-order valence-corrected chi connectivity index (χ4v) is 5.67. The molecule has 172 valence electrons. The standard InChI is InChI=1S/C25H26N2O4S2/c1-4-27(5-2)25(30)22-9-8-21(33-22)19(28)13-26-15(3)18-14-32-24(23(18)29)17-6-7-20-16(12-17)10-11-31-20/h6-9,12,14,29H,4-5,10-11,13H2,1-3H3. The molecule has 0 fully saturated rings. The topological polar surface area (TPSA) is 79.2 Å². The molecule has 2 aromatic heterocycles. The second kappa shape index (κ2) is 9.89. The van der Waals surface area contributed by atoms with E-state index >= 15 is 0 Å². The minimum Gasteiger partial charge on any atom is -0.506 e. The molecule has 0 saturated heterocycles. The number of thiophene rings is 2. The molecule has 1 aliphatic heterocycles. The third kappa shape index (κ3) is 4.72. The third-order valence-corrected chi connectivity index (χ3v) is 7.84. The lowest BCUT2D eigenvalue weighted by molar-refractivity contribution is 0.0777. The van der Waals surface area contributed by atoms with Crippen molar-refractivity contribution in [2.45, 2.75) is 27.2 Å². The van der Waals surface area contributed by atoms with E-state index in [9.17, 15) is 14.7 Å². The van der Waals surface area contributed by atoms with Crippen LogP contribution in [0.15, 0.2) is 40.7 Å². The highest BCUT2D eigenvalue weighted by molar-refractivity contribution is 7.16. The summed E-state index contributed by atoms with van der Waals surface area (Å²) in [7, 11) is 0. The van der Waals surface area contributed by atoms with Crippen molar-refractivity contribution in [3.8, 4) is 21.9 Å². The number of aromatic hydroxyl groups is 1. The summed E-state index contributed by atoms with van der Waals surface area (Å²) in [5, 5.41) is 12.7. The SMILES string of the molecule is CCN(CC)C(=O)c1ccc(C(=O)CN=C(C)c2csc(-c3ccc4c(c3)CCO4)c2O)s1. The summed E-state index contributed by atoms with van der Waals surface area (Å²) < 4.78 is 5.56. The van der Waals surface area contributed by atoms with Crippen LogP contribution in [0.25, 0.3) is 10.4 Å². The Kier molecular flexibility index (Phi) is 6.95. The van der Waals surface area contributed by atoms with Crippen molar-refractivity contribution >= 4 is 40.1 Å². The lowest BCUT2D eigenvalue weighted by Crippen LogP contribution is -2.29. The van der Waals surface area contributed by atoms with E-state index in [2.05, 4.69) is 11.1 Å². The smallest absolute Gasteiger partial charge is 0.263 e. The van der Waals surface area contributed by atoms with Crippen molar-refractivity contribution in [2.24, 2.45) is 4.99 Å². The van der Waals surface area contributed by atoms with Gasteiger partial charge in [0.05, 0.1) is 21.2 Å². The highest BCUT2D eigenvalue weighted by Crippen LogP contribution is 2.41. The molecule has 0 radical (unpaired) electrons. The van der Waals surface area contributed by atoms with Gasteiger partial charge in [-0.25, -0.2) is 0 Å². The number of rotatable bonds is 8. The molecular weight excluding hydrogens is 456 g/mol. The van der Waals surface area contributed by atoms with Gasteiger partial charge >= 0.3 is 0 Å². The molecule has 8 heteroatoms. The Bertz CT molecular complexity index is 1220. The van der Waals surface area contributed by atoms with E-state index < -0.39 is 0 Å². The Morgan fingerprint density at radius 3 is 2.67 bits per heavy atom. The van der Waals surface area contributed by atoms with Crippen LogP contribution >= 0.6 is 22.7 Å². The number of carbonyl (C=O) groups is 2.